The zero-order valence-electron chi connectivity index (χ0n) is 43.5. The standard InChI is InChI=1S/C66H64BN3Se/c1-63(2,3)43-22-28-47(29-23-43)68-56-19-16-20-57-60(56)67(62-61(70(57)48-30-24-44(25-31-48)64(4,5)6)52-37-42(21-36-59(52)71-62)41-17-14-13-15-18-41)53-33-32-49(40-58(53)68)69-54-34-26-45(65(7,8)9)38-50(54)51-39-46(66(10,11)12)27-35-55(51)69/h13-40H,1-12H3. The first kappa shape index (κ1) is 45.6. The van der Waals surface area contributed by atoms with E-state index in [0.717, 1.165) is 0 Å². The number of rotatable bonds is 4. The molecule has 8 aromatic carbocycles. The third-order valence-electron chi connectivity index (χ3n) is 15.4. The molecule has 5 heteroatoms. The predicted octanol–water partition coefficient (Wildman–Crippen LogP) is 15.9. The molecule has 0 N–H and O–H groups in total. The quantitative estimate of drug-likeness (QED) is 0.163. The Morgan fingerprint density at radius 1 is 0.380 bits per heavy atom. The molecule has 4 heterocycles. The third-order valence-corrected chi connectivity index (χ3v) is 18.0. The molecule has 0 radical (unpaired) electrons. The SMILES string of the molecule is CC(C)(C)c1ccc(N2c3cc(-n4c5ccc(C(C)(C)C)cc5c5cc(C(C)(C)C)ccc54)ccc3B3c4[se]c5ccc(-c6ccccc6)cc5c4N(c4ccc(C(C)(C)C)cc4)c4cccc2c43)cc1. The Labute approximate surface area is 427 Å². The normalized spacial score (nSPS) is 13.8. The molecule has 10 aromatic rings. The Bertz CT molecular complexity index is 3660. The monoisotopic (exact) mass is 989 g/mol. The molecule has 2 aliphatic heterocycles. The van der Waals surface area contributed by atoms with Crippen LogP contribution in [0.25, 0.3) is 48.3 Å². The molecule has 3 nitrogen and oxygen atoms in total. The Kier molecular flexibility index (Phi) is 10.3. The van der Waals surface area contributed by atoms with Crippen molar-refractivity contribution in [3.63, 3.8) is 0 Å². The van der Waals surface area contributed by atoms with E-state index in [1.54, 1.807) is 0 Å². The first-order valence-corrected chi connectivity index (χ1v) is 27.2. The average Bonchev–Trinajstić information content (AvgIpc) is 3.88. The fourth-order valence-corrected chi connectivity index (χ4v) is 14.1. The van der Waals surface area contributed by atoms with Gasteiger partial charge >= 0.3 is 389 Å². The van der Waals surface area contributed by atoms with Crippen LogP contribution in [0.15, 0.2) is 170 Å². The summed E-state index contributed by atoms with van der Waals surface area (Å²) in [5.74, 6) is 0. The van der Waals surface area contributed by atoms with Gasteiger partial charge in [-0.25, -0.2) is 0 Å². The van der Waals surface area contributed by atoms with Gasteiger partial charge in [-0.3, -0.25) is 0 Å². The second-order valence-corrected chi connectivity index (χ2v) is 26.6. The van der Waals surface area contributed by atoms with E-state index in [1.807, 2.05) is 0 Å². The van der Waals surface area contributed by atoms with Gasteiger partial charge in [0, 0.05) is 0 Å². The minimum absolute atomic E-state index is 0.0227. The number of benzene rings is 8. The van der Waals surface area contributed by atoms with E-state index < -0.39 is 0 Å². The summed E-state index contributed by atoms with van der Waals surface area (Å²) in [7, 11) is 0. The molecule has 0 aliphatic carbocycles. The van der Waals surface area contributed by atoms with Crippen molar-refractivity contribution in [1.29, 1.82) is 0 Å². The molecule has 0 amide bonds. The number of fused-ring (bicyclic) bond motifs is 9. The molecule has 0 atom stereocenters. The van der Waals surface area contributed by atoms with E-state index in [9.17, 15) is 0 Å². The van der Waals surface area contributed by atoms with Crippen LogP contribution < -0.4 is 25.1 Å². The van der Waals surface area contributed by atoms with Crippen LogP contribution in [-0.4, -0.2) is 25.8 Å². The van der Waals surface area contributed by atoms with Gasteiger partial charge in [0.2, 0.25) is 0 Å². The van der Waals surface area contributed by atoms with Crippen molar-refractivity contribution in [3.8, 4) is 16.8 Å². The molecule has 71 heavy (non-hydrogen) atoms. The summed E-state index contributed by atoms with van der Waals surface area (Å²) in [6.07, 6.45) is 0. The third kappa shape index (κ3) is 7.45. The van der Waals surface area contributed by atoms with E-state index in [-0.39, 0.29) is 42.9 Å². The van der Waals surface area contributed by atoms with Gasteiger partial charge in [-0.15, -0.1) is 0 Å². The van der Waals surface area contributed by atoms with Crippen LogP contribution in [0.4, 0.5) is 34.1 Å². The molecular formula is C66H64BN3Se. The van der Waals surface area contributed by atoms with Crippen molar-refractivity contribution in [2.24, 2.45) is 0 Å². The van der Waals surface area contributed by atoms with Crippen LogP contribution >= 0.6 is 0 Å². The fourth-order valence-electron chi connectivity index (χ4n) is 11.4. The number of aromatic nitrogens is 1. The Morgan fingerprint density at radius 2 is 0.887 bits per heavy atom. The van der Waals surface area contributed by atoms with Gasteiger partial charge in [0.15, 0.2) is 0 Å². The Hall–Kier alpha value is -6.52. The van der Waals surface area contributed by atoms with Gasteiger partial charge in [0.1, 0.15) is 0 Å². The molecule has 2 aromatic heterocycles. The molecule has 0 saturated heterocycles. The molecule has 0 fully saturated rings. The van der Waals surface area contributed by atoms with Gasteiger partial charge < -0.3 is 0 Å². The summed E-state index contributed by atoms with van der Waals surface area (Å²) in [4.78, 5) is 5.20. The molecular weight excluding hydrogens is 925 g/mol. The van der Waals surface area contributed by atoms with Gasteiger partial charge in [0.25, 0.3) is 0 Å². The number of anilines is 6. The summed E-state index contributed by atoms with van der Waals surface area (Å²) < 4.78 is 5.50. The van der Waals surface area contributed by atoms with Crippen LogP contribution in [-0.2, 0) is 21.7 Å². The van der Waals surface area contributed by atoms with Crippen molar-refractivity contribution in [3.05, 3.63) is 192 Å². The van der Waals surface area contributed by atoms with E-state index in [2.05, 4.69) is 267 Å². The van der Waals surface area contributed by atoms with Crippen molar-refractivity contribution in [2.75, 3.05) is 9.80 Å². The average molecular weight is 989 g/mol. The molecule has 0 saturated carbocycles. The van der Waals surface area contributed by atoms with Crippen LogP contribution in [0, 0.1) is 0 Å². The van der Waals surface area contributed by atoms with Gasteiger partial charge in [-0.05, 0) is 0 Å². The second kappa shape index (κ2) is 16.0. The van der Waals surface area contributed by atoms with Crippen molar-refractivity contribution in [1.82, 2.24) is 4.57 Å². The summed E-state index contributed by atoms with van der Waals surface area (Å²) in [5, 5.41) is 3.96. The molecule has 0 unspecified atom stereocenters. The van der Waals surface area contributed by atoms with Gasteiger partial charge in [0.05, 0.1) is 0 Å². The maximum absolute atomic E-state index is 2.62. The second-order valence-electron chi connectivity index (χ2n) is 24.3. The van der Waals surface area contributed by atoms with Gasteiger partial charge in [-0.1, -0.05) is 41.5 Å². The zero-order chi connectivity index (χ0) is 49.5. The van der Waals surface area contributed by atoms with Crippen molar-refractivity contribution >= 4 is 102 Å². The summed E-state index contributed by atoms with van der Waals surface area (Å²) in [5.41, 5.74) is 21.8. The molecule has 352 valence electrons. The van der Waals surface area contributed by atoms with Crippen molar-refractivity contribution < 1.29 is 0 Å². The number of hydrogen-bond acceptors (Lipinski definition) is 2. The molecule has 0 bridgehead atoms. The van der Waals surface area contributed by atoms with Gasteiger partial charge in [-0.2, -0.15) is 0 Å². The van der Waals surface area contributed by atoms with E-state index in [0.29, 0.717) is 0 Å². The van der Waals surface area contributed by atoms with E-state index in [4.69, 9.17) is 0 Å². The summed E-state index contributed by atoms with van der Waals surface area (Å²) in [6, 6.07) is 65.8. The first-order valence-electron chi connectivity index (χ1n) is 25.5. The maximum atomic E-state index is 2.62. The van der Waals surface area contributed by atoms with Crippen LogP contribution in [0.3, 0.4) is 0 Å². The minimum atomic E-state index is 0.0227. The molecule has 0 spiro atoms. The Morgan fingerprint density at radius 3 is 1.44 bits per heavy atom. The number of hydrogen-bond donors (Lipinski definition) is 0. The van der Waals surface area contributed by atoms with E-state index in [1.165, 1.54) is 120 Å². The number of nitrogens with zero attached hydrogens (tertiary/aromatic N) is 3. The van der Waals surface area contributed by atoms with E-state index >= 15 is 0 Å². The zero-order valence-corrected chi connectivity index (χ0v) is 45.2. The first-order chi connectivity index (χ1) is 33.7. The van der Waals surface area contributed by atoms with Crippen molar-refractivity contribution in [2.45, 2.75) is 105 Å². The molecule has 2 aliphatic rings. The van der Waals surface area contributed by atoms with Crippen LogP contribution in [0.2, 0.25) is 0 Å². The Balaban J connectivity index is 1.14. The van der Waals surface area contributed by atoms with Crippen LogP contribution in [0.5, 0.6) is 0 Å². The van der Waals surface area contributed by atoms with Crippen LogP contribution in [0.1, 0.15) is 105 Å². The molecule has 12 rings (SSSR count). The summed E-state index contributed by atoms with van der Waals surface area (Å²) in [6.45, 7) is 27.9. The predicted molar refractivity (Wildman–Crippen MR) is 309 cm³/mol. The fraction of sp³-hybridized carbons (Fsp3) is 0.242. The topological polar surface area (TPSA) is 11.4 Å². The summed E-state index contributed by atoms with van der Waals surface area (Å²) >= 11 is 0.0772.